The Morgan fingerprint density at radius 1 is 1.37 bits per heavy atom. The van der Waals surface area contributed by atoms with Gasteiger partial charge in [0.1, 0.15) is 0 Å². The van der Waals surface area contributed by atoms with Gasteiger partial charge >= 0.3 is 5.97 Å². The van der Waals surface area contributed by atoms with Crippen LogP contribution in [0.3, 0.4) is 0 Å². The normalized spacial score (nSPS) is 12.9. The number of aliphatic carboxylic acids is 1. The fraction of sp³-hybridized carbons (Fsp3) is 0.462. The number of benzene rings is 1. The molecule has 19 heavy (non-hydrogen) atoms. The number of hydrogen-bond acceptors (Lipinski definition) is 4. The molecule has 0 amide bonds. The highest BCUT2D eigenvalue weighted by atomic mass is 32.2. The Hall–Kier alpha value is -1.56. The summed E-state index contributed by atoms with van der Waals surface area (Å²) in [4.78, 5) is 10.7. The van der Waals surface area contributed by atoms with Crippen LogP contribution in [0.15, 0.2) is 29.2 Å². The third-order valence-corrected chi connectivity index (χ3v) is 3.93. The molecule has 106 valence electrons. The molecule has 1 aromatic carbocycles. The molecule has 0 aliphatic carbocycles. The quantitative estimate of drug-likeness (QED) is 0.800. The summed E-state index contributed by atoms with van der Waals surface area (Å²) in [5.74, 6) is -0.660. The zero-order valence-electron chi connectivity index (χ0n) is 11.1. The number of carboxylic acids is 1. The minimum Gasteiger partial charge on any atom is -0.481 e. The average molecular weight is 285 g/mol. The van der Waals surface area contributed by atoms with E-state index in [-0.39, 0.29) is 17.2 Å². The van der Waals surface area contributed by atoms with Gasteiger partial charge in [-0.1, -0.05) is 19.1 Å². The minimum absolute atomic E-state index is 0.122. The predicted molar refractivity (Wildman–Crippen MR) is 74.1 cm³/mol. The Balaban J connectivity index is 2.66. The highest BCUT2D eigenvalue weighted by Crippen LogP contribution is 2.21. The lowest BCUT2D eigenvalue weighted by Crippen LogP contribution is -2.14. The molecule has 1 rings (SSSR count). The zero-order chi connectivity index (χ0) is 14.5. The van der Waals surface area contributed by atoms with E-state index in [4.69, 9.17) is 5.11 Å². The lowest BCUT2D eigenvalue weighted by molar-refractivity contribution is -0.137. The highest BCUT2D eigenvalue weighted by molar-refractivity contribution is 7.90. The van der Waals surface area contributed by atoms with Gasteiger partial charge in [-0.25, -0.2) is 8.42 Å². The second-order valence-corrected chi connectivity index (χ2v) is 6.67. The molecule has 0 fully saturated rings. The Labute approximate surface area is 113 Å². The second-order valence-electron chi connectivity index (χ2n) is 4.69. The molecular formula is C13H19NO4S. The van der Waals surface area contributed by atoms with Gasteiger partial charge in [-0.15, -0.1) is 0 Å². The number of carboxylic acid groups (broad SMARTS) is 1. The van der Waals surface area contributed by atoms with Crippen molar-refractivity contribution in [2.45, 2.75) is 24.7 Å². The fourth-order valence-electron chi connectivity index (χ4n) is 1.69. The van der Waals surface area contributed by atoms with Crippen molar-refractivity contribution in [3.63, 3.8) is 0 Å². The number of carbonyl (C=O) groups is 1. The number of para-hydroxylation sites is 1. The van der Waals surface area contributed by atoms with E-state index in [2.05, 4.69) is 5.32 Å². The summed E-state index contributed by atoms with van der Waals surface area (Å²) in [6, 6.07) is 6.70. The van der Waals surface area contributed by atoms with Gasteiger partial charge in [0.2, 0.25) is 0 Å². The van der Waals surface area contributed by atoms with E-state index >= 15 is 0 Å². The van der Waals surface area contributed by atoms with Gasteiger partial charge in [-0.05, 0) is 24.5 Å². The molecule has 6 heteroatoms. The molecule has 0 aliphatic heterocycles. The van der Waals surface area contributed by atoms with Crippen LogP contribution in [0.5, 0.6) is 0 Å². The summed E-state index contributed by atoms with van der Waals surface area (Å²) in [5, 5.41) is 11.7. The predicted octanol–water partition coefficient (Wildman–Crippen LogP) is 2.00. The standard InChI is InChI=1S/C13H19NO4S/c1-10(7-8-13(15)16)9-14-11-5-3-4-6-12(11)19(2,17)18/h3-6,10,14H,7-9H2,1-2H3,(H,15,16). The molecule has 0 saturated carbocycles. The fourth-order valence-corrected chi connectivity index (χ4v) is 2.56. The van der Waals surface area contributed by atoms with E-state index in [0.29, 0.717) is 18.7 Å². The van der Waals surface area contributed by atoms with E-state index in [1.54, 1.807) is 24.3 Å². The molecule has 1 atom stereocenters. The van der Waals surface area contributed by atoms with Crippen LogP contribution in [0.4, 0.5) is 5.69 Å². The summed E-state index contributed by atoms with van der Waals surface area (Å²) in [5.41, 5.74) is 0.562. The van der Waals surface area contributed by atoms with Gasteiger partial charge in [-0.3, -0.25) is 4.79 Å². The Kier molecular flexibility index (Phi) is 5.35. The maximum absolute atomic E-state index is 11.6. The summed E-state index contributed by atoms with van der Waals surface area (Å²) < 4.78 is 23.2. The maximum Gasteiger partial charge on any atom is 0.303 e. The third kappa shape index (κ3) is 5.30. The molecule has 1 unspecified atom stereocenters. The van der Waals surface area contributed by atoms with Gasteiger partial charge in [-0.2, -0.15) is 0 Å². The molecule has 0 aliphatic rings. The van der Waals surface area contributed by atoms with Crippen LogP contribution in [0.1, 0.15) is 19.8 Å². The smallest absolute Gasteiger partial charge is 0.303 e. The Morgan fingerprint density at radius 3 is 2.58 bits per heavy atom. The first-order valence-corrected chi connectivity index (χ1v) is 7.94. The molecule has 0 heterocycles. The van der Waals surface area contributed by atoms with E-state index in [1.807, 2.05) is 6.92 Å². The molecule has 5 nitrogen and oxygen atoms in total. The van der Waals surface area contributed by atoms with Crippen molar-refractivity contribution in [3.8, 4) is 0 Å². The SMILES string of the molecule is CC(CCC(=O)O)CNc1ccccc1S(C)(=O)=O. The third-order valence-electron chi connectivity index (χ3n) is 2.78. The van der Waals surface area contributed by atoms with E-state index in [0.717, 1.165) is 0 Å². The molecule has 1 aromatic rings. The van der Waals surface area contributed by atoms with Crippen molar-refractivity contribution in [3.05, 3.63) is 24.3 Å². The zero-order valence-corrected chi connectivity index (χ0v) is 11.9. The van der Waals surface area contributed by atoms with Gasteiger partial charge < -0.3 is 10.4 Å². The van der Waals surface area contributed by atoms with Gasteiger partial charge in [0.05, 0.1) is 10.6 Å². The molecule has 0 bridgehead atoms. The first kappa shape index (κ1) is 15.5. The minimum atomic E-state index is -3.26. The molecule has 2 N–H and O–H groups in total. The van der Waals surface area contributed by atoms with Crippen LogP contribution in [0.25, 0.3) is 0 Å². The number of hydrogen-bond donors (Lipinski definition) is 2. The molecule has 0 spiro atoms. The molecule has 0 saturated heterocycles. The largest absolute Gasteiger partial charge is 0.481 e. The van der Waals surface area contributed by atoms with Crippen LogP contribution in [-0.2, 0) is 14.6 Å². The van der Waals surface area contributed by atoms with Crippen LogP contribution in [0.2, 0.25) is 0 Å². The number of anilines is 1. The molecular weight excluding hydrogens is 266 g/mol. The van der Waals surface area contributed by atoms with Gasteiger partial charge in [0.15, 0.2) is 9.84 Å². The number of rotatable bonds is 7. The van der Waals surface area contributed by atoms with Crippen LogP contribution >= 0.6 is 0 Å². The summed E-state index contributed by atoms with van der Waals surface area (Å²) >= 11 is 0. The van der Waals surface area contributed by atoms with Crippen molar-refractivity contribution in [2.75, 3.05) is 18.1 Å². The van der Waals surface area contributed by atoms with Crippen LogP contribution in [-0.4, -0.2) is 32.3 Å². The van der Waals surface area contributed by atoms with Crippen molar-refractivity contribution in [1.29, 1.82) is 0 Å². The average Bonchev–Trinajstić information content (AvgIpc) is 2.33. The Morgan fingerprint density at radius 2 is 2.00 bits per heavy atom. The number of nitrogens with one attached hydrogen (secondary N) is 1. The number of sulfone groups is 1. The summed E-state index contributed by atoms with van der Waals surface area (Å²) in [6.45, 7) is 2.47. The topological polar surface area (TPSA) is 83.5 Å². The van der Waals surface area contributed by atoms with E-state index in [9.17, 15) is 13.2 Å². The molecule has 0 aromatic heterocycles. The first-order chi connectivity index (χ1) is 8.80. The van der Waals surface area contributed by atoms with Crippen molar-refractivity contribution < 1.29 is 18.3 Å². The van der Waals surface area contributed by atoms with Gasteiger partial charge in [0.25, 0.3) is 0 Å². The Bertz CT molecular complexity index is 539. The lowest BCUT2D eigenvalue weighted by atomic mass is 10.1. The van der Waals surface area contributed by atoms with Crippen molar-refractivity contribution in [1.82, 2.24) is 0 Å². The van der Waals surface area contributed by atoms with Gasteiger partial charge in [0, 0.05) is 19.2 Å². The second kappa shape index (κ2) is 6.56. The lowest BCUT2D eigenvalue weighted by Gasteiger charge is -2.14. The van der Waals surface area contributed by atoms with Crippen molar-refractivity contribution >= 4 is 21.5 Å². The highest BCUT2D eigenvalue weighted by Gasteiger charge is 2.13. The van der Waals surface area contributed by atoms with Crippen LogP contribution < -0.4 is 5.32 Å². The first-order valence-electron chi connectivity index (χ1n) is 6.05. The summed E-state index contributed by atoms with van der Waals surface area (Å²) in [7, 11) is -3.26. The monoisotopic (exact) mass is 285 g/mol. The van der Waals surface area contributed by atoms with E-state index < -0.39 is 15.8 Å². The molecule has 0 radical (unpaired) electrons. The van der Waals surface area contributed by atoms with E-state index in [1.165, 1.54) is 6.26 Å². The van der Waals surface area contributed by atoms with Crippen molar-refractivity contribution in [2.24, 2.45) is 5.92 Å². The summed E-state index contributed by atoms with van der Waals surface area (Å²) in [6.07, 6.45) is 1.85. The maximum atomic E-state index is 11.6. The van der Waals surface area contributed by atoms with Crippen LogP contribution in [0, 0.1) is 5.92 Å².